The first-order chi connectivity index (χ1) is 8.29. The summed E-state index contributed by atoms with van der Waals surface area (Å²) in [7, 11) is 1.55. The number of hydrogen-bond acceptors (Lipinski definition) is 3. The van der Waals surface area contributed by atoms with Gasteiger partial charge in [0.15, 0.2) is 0 Å². The number of rotatable bonds is 3. The molecule has 0 aliphatic rings. The van der Waals surface area contributed by atoms with Crippen LogP contribution in [0.25, 0.3) is 0 Å². The van der Waals surface area contributed by atoms with Crippen molar-refractivity contribution in [2.75, 3.05) is 7.11 Å². The van der Waals surface area contributed by atoms with Crippen molar-refractivity contribution in [3.8, 4) is 5.75 Å². The first kappa shape index (κ1) is 11.3. The molecule has 0 unspecified atom stereocenters. The van der Waals surface area contributed by atoms with Crippen LogP contribution in [0.4, 0.5) is 4.79 Å². The van der Waals surface area contributed by atoms with Crippen molar-refractivity contribution in [3.63, 3.8) is 0 Å². The molecule has 0 saturated carbocycles. The molecule has 1 aromatic carbocycles. The topological polar surface area (TPSA) is 40.5 Å². The Morgan fingerprint density at radius 2 is 2.00 bits per heavy atom. The molecule has 0 bridgehead atoms. The van der Waals surface area contributed by atoms with Crippen molar-refractivity contribution < 1.29 is 14.3 Å². The molecule has 2 rings (SSSR count). The summed E-state index contributed by atoms with van der Waals surface area (Å²) in [4.78, 5) is 11.6. The zero-order valence-corrected chi connectivity index (χ0v) is 9.50. The summed E-state index contributed by atoms with van der Waals surface area (Å²) in [6.07, 6.45) is 2.76. The van der Waals surface area contributed by atoms with Gasteiger partial charge in [0.25, 0.3) is 0 Å². The maximum atomic E-state index is 11.6. The summed E-state index contributed by atoms with van der Waals surface area (Å²) in [5.41, 5.74) is 0.958. The maximum absolute atomic E-state index is 11.6. The summed E-state index contributed by atoms with van der Waals surface area (Å²) in [5, 5.41) is 0. The minimum atomic E-state index is -0.419. The van der Waals surface area contributed by atoms with Gasteiger partial charge in [-0.15, -0.1) is 0 Å². The molecule has 0 N–H and O–H groups in total. The number of nitrogens with zero attached hydrogens (tertiary/aromatic N) is 1. The zero-order chi connectivity index (χ0) is 12.1. The van der Waals surface area contributed by atoms with Crippen molar-refractivity contribution in [3.05, 3.63) is 54.4 Å². The van der Waals surface area contributed by atoms with Crippen LogP contribution in [0.5, 0.6) is 5.75 Å². The fraction of sp³-hybridized carbons (Fsp3) is 0.154. The quantitative estimate of drug-likeness (QED) is 0.815. The zero-order valence-electron chi connectivity index (χ0n) is 9.50. The molecule has 1 aromatic heterocycles. The van der Waals surface area contributed by atoms with E-state index in [1.165, 1.54) is 4.57 Å². The van der Waals surface area contributed by atoms with E-state index in [2.05, 4.69) is 0 Å². The average Bonchev–Trinajstić information content (AvgIpc) is 2.86. The second-order valence-corrected chi connectivity index (χ2v) is 3.50. The number of carbonyl (C=O) groups is 1. The summed E-state index contributed by atoms with van der Waals surface area (Å²) in [6.45, 7) is 0.264. The highest BCUT2D eigenvalue weighted by atomic mass is 16.5. The van der Waals surface area contributed by atoms with E-state index in [0.29, 0.717) is 5.75 Å². The molecule has 0 saturated heterocycles. The smallest absolute Gasteiger partial charge is 0.418 e. The van der Waals surface area contributed by atoms with Crippen LogP contribution in [-0.4, -0.2) is 17.8 Å². The predicted octanol–water partition coefficient (Wildman–Crippen LogP) is 2.68. The molecule has 0 spiro atoms. The minimum Gasteiger partial charge on any atom is -0.495 e. The van der Waals surface area contributed by atoms with Gasteiger partial charge >= 0.3 is 6.09 Å². The third-order valence-corrected chi connectivity index (χ3v) is 2.32. The van der Waals surface area contributed by atoms with Crippen LogP contribution in [0.15, 0.2) is 48.8 Å². The van der Waals surface area contributed by atoms with Crippen LogP contribution in [0.2, 0.25) is 0 Å². The van der Waals surface area contributed by atoms with Crippen molar-refractivity contribution >= 4 is 6.09 Å². The normalized spacial score (nSPS) is 9.94. The molecule has 0 radical (unpaired) electrons. The van der Waals surface area contributed by atoms with Crippen LogP contribution in [0.1, 0.15) is 5.56 Å². The van der Waals surface area contributed by atoms with Gasteiger partial charge in [0.1, 0.15) is 12.4 Å². The molecule has 0 aliphatic carbocycles. The van der Waals surface area contributed by atoms with Gasteiger partial charge in [0, 0.05) is 6.20 Å². The van der Waals surface area contributed by atoms with Crippen LogP contribution in [0, 0.1) is 0 Å². The van der Waals surface area contributed by atoms with E-state index in [-0.39, 0.29) is 6.61 Å². The second kappa shape index (κ2) is 5.21. The number of benzene rings is 1. The van der Waals surface area contributed by atoms with Gasteiger partial charge < -0.3 is 9.47 Å². The molecular formula is C13H13NO3. The molecule has 0 atom stereocenters. The highest BCUT2D eigenvalue weighted by molar-refractivity contribution is 5.71. The lowest BCUT2D eigenvalue weighted by atomic mass is 10.2. The van der Waals surface area contributed by atoms with Gasteiger partial charge in [-0.25, -0.2) is 4.79 Å². The standard InChI is InChI=1S/C13H13NO3/c1-16-12-7-8-14(9-12)13(15)17-10-11-5-3-2-4-6-11/h2-9H,10H2,1H3. The van der Waals surface area contributed by atoms with Gasteiger partial charge in [-0.05, 0) is 11.6 Å². The fourth-order valence-electron chi connectivity index (χ4n) is 1.41. The summed E-state index contributed by atoms with van der Waals surface area (Å²) in [6, 6.07) is 11.2. The van der Waals surface area contributed by atoms with Crippen molar-refractivity contribution in [2.24, 2.45) is 0 Å². The van der Waals surface area contributed by atoms with E-state index >= 15 is 0 Å². The van der Waals surface area contributed by atoms with E-state index < -0.39 is 6.09 Å². The number of methoxy groups -OCH3 is 1. The van der Waals surface area contributed by atoms with Crippen LogP contribution >= 0.6 is 0 Å². The SMILES string of the molecule is COc1ccn(C(=O)OCc2ccccc2)c1. The Balaban J connectivity index is 1.93. The lowest BCUT2D eigenvalue weighted by Gasteiger charge is -2.04. The number of aromatic nitrogens is 1. The first-order valence-electron chi connectivity index (χ1n) is 5.22. The maximum Gasteiger partial charge on any atom is 0.418 e. The average molecular weight is 231 g/mol. The summed E-state index contributed by atoms with van der Waals surface area (Å²) in [5.74, 6) is 0.627. The Bertz CT molecular complexity index is 490. The molecule has 2 aromatic rings. The van der Waals surface area contributed by atoms with Crippen LogP contribution in [-0.2, 0) is 11.3 Å². The van der Waals surface area contributed by atoms with Gasteiger partial charge in [0.05, 0.1) is 13.3 Å². The number of ether oxygens (including phenoxy) is 2. The van der Waals surface area contributed by atoms with Gasteiger partial charge in [-0.3, -0.25) is 4.57 Å². The molecule has 0 aliphatic heterocycles. The van der Waals surface area contributed by atoms with Crippen LogP contribution < -0.4 is 4.74 Å². The molecule has 4 heteroatoms. The van der Waals surface area contributed by atoms with E-state index in [1.807, 2.05) is 30.3 Å². The monoisotopic (exact) mass is 231 g/mol. The van der Waals surface area contributed by atoms with Crippen molar-refractivity contribution in [1.82, 2.24) is 4.57 Å². The Labute approximate surface area is 99.4 Å². The first-order valence-corrected chi connectivity index (χ1v) is 5.22. The van der Waals surface area contributed by atoms with Gasteiger partial charge in [-0.2, -0.15) is 0 Å². The Morgan fingerprint density at radius 3 is 2.65 bits per heavy atom. The summed E-state index contributed by atoms with van der Waals surface area (Å²) >= 11 is 0. The number of hydrogen-bond donors (Lipinski definition) is 0. The summed E-state index contributed by atoms with van der Waals surface area (Å²) < 4.78 is 11.5. The van der Waals surface area contributed by atoms with E-state index in [1.54, 1.807) is 25.6 Å². The Kier molecular flexibility index (Phi) is 3.45. The van der Waals surface area contributed by atoms with E-state index in [9.17, 15) is 4.79 Å². The highest BCUT2D eigenvalue weighted by Crippen LogP contribution is 2.10. The molecule has 1 heterocycles. The van der Waals surface area contributed by atoms with E-state index in [0.717, 1.165) is 5.56 Å². The third-order valence-electron chi connectivity index (χ3n) is 2.32. The molecule has 0 amide bonds. The molecule has 88 valence electrons. The number of carbonyl (C=O) groups excluding carboxylic acids is 1. The Morgan fingerprint density at radius 1 is 1.24 bits per heavy atom. The van der Waals surface area contributed by atoms with Crippen molar-refractivity contribution in [1.29, 1.82) is 0 Å². The van der Waals surface area contributed by atoms with E-state index in [4.69, 9.17) is 9.47 Å². The largest absolute Gasteiger partial charge is 0.495 e. The third kappa shape index (κ3) is 2.87. The van der Waals surface area contributed by atoms with Crippen molar-refractivity contribution in [2.45, 2.75) is 6.61 Å². The minimum absolute atomic E-state index is 0.264. The molecule has 4 nitrogen and oxygen atoms in total. The lowest BCUT2D eigenvalue weighted by Crippen LogP contribution is -2.11. The highest BCUT2D eigenvalue weighted by Gasteiger charge is 2.06. The second-order valence-electron chi connectivity index (χ2n) is 3.50. The Hall–Kier alpha value is -2.23. The fourth-order valence-corrected chi connectivity index (χ4v) is 1.41. The molecule has 0 fully saturated rings. The predicted molar refractivity (Wildman–Crippen MR) is 63.0 cm³/mol. The lowest BCUT2D eigenvalue weighted by molar-refractivity contribution is 0.141. The molecular weight excluding hydrogens is 218 g/mol. The molecule has 17 heavy (non-hydrogen) atoms. The van der Waals surface area contributed by atoms with Crippen LogP contribution in [0.3, 0.4) is 0 Å². The van der Waals surface area contributed by atoms with Gasteiger partial charge in [-0.1, -0.05) is 30.3 Å². The van der Waals surface area contributed by atoms with Gasteiger partial charge in [0.2, 0.25) is 0 Å².